The molecule has 138 valence electrons. The molecule has 0 spiro atoms. The molecule has 0 radical (unpaired) electrons. The Bertz CT molecular complexity index is 941. The average Bonchev–Trinajstić information content (AvgIpc) is 2.61. The van der Waals surface area contributed by atoms with Crippen LogP contribution in [0.5, 0.6) is 0 Å². The lowest BCUT2D eigenvalue weighted by Gasteiger charge is -2.08. The molecule has 0 atom stereocenters. The Morgan fingerprint density at radius 1 is 1.07 bits per heavy atom. The van der Waals surface area contributed by atoms with Crippen molar-refractivity contribution in [3.05, 3.63) is 79.9 Å². The van der Waals surface area contributed by atoms with E-state index in [4.69, 9.17) is 12.2 Å². The van der Waals surface area contributed by atoms with Gasteiger partial charge < -0.3 is 5.32 Å². The highest BCUT2D eigenvalue weighted by Gasteiger charge is 2.12. The third-order valence-corrected chi connectivity index (χ3v) is 3.64. The van der Waals surface area contributed by atoms with Gasteiger partial charge in [-0.05, 0) is 49.0 Å². The summed E-state index contributed by atoms with van der Waals surface area (Å²) >= 11 is 5.01. The minimum Gasteiger partial charge on any atom is -0.332 e. The van der Waals surface area contributed by atoms with Gasteiger partial charge in [-0.2, -0.15) is 0 Å². The zero-order valence-corrected chi connectivity index (χ0v) is 14.9. The van der Waals surface area contributed by atoms with E-state index >= 15 is 0 Å². The van der Waals surface area contributed by atoms with Crippen LogP contribution in [0.15, 0.2) is 48.5 Å². The number of non-ortho nitro benzene ring substituents is 1. The van der Waals surface area contributed by atoms with Crippen molar-refractivity contribution in [2.24, 2.45) is 0 Å². The maximum absolute atomic E-state index is 11.9. The molecule has 9 nitrogen and oxygen atoms in total. The first-order chi connectivity index (χ1) is 12.8. The summed E-state index contributed by atoms with van der Waals surface area (Å²) in [7, 11) is 0. The number of nitro groups is 2. The van der Waals surface area contributed by atoms with Crippen LogP contribution in [0.3, 0.4) is 0 Å². The van der Waals surface area contributed by atoms with Crippen LogP contribution in [0, 0.1) is 27.2 Å². The van der Waals surface area contributed by atoms with Gasteiger partial charge in [-0.3, -0.25) is 30.3 Å². The molecule has 2 rings (SSSR count). The summed E-state index contributed by atoms with van der Waals surface area (Å²) in [5.41, 5.74) is 1.37. The van der Waals surface area contributed by atoms with Crippen molar-refractivity contribution >= 4 is 46.4 Å². The Morgan fingerprint density at radius 3 is 2.33 bits per heavy atom. The molecule has 0 bridgehead atoms. The highest BCUT2D eigenvalue weighted by atomic mass is 32.1. The molecule has 10 heteroatoms. The van der Waals surface area contributed by atoms with Crippen LogP contribution in [0.2, 0.25) is 0 Å². The first kappa shape index (κ1) is 19.7. The second kappa shape index (κ2) is 8.63. The normalized spacial score (nSPS) is 10.4. The van der Waals surface area contributed by atoms with E-state index in [1.165, 1.54) is 42.5 Å². The highest BCUT2D eigenvalue weighted by molar-refractivity contribution is 7.80. The maximum atomic E-state index is 11.9. The van der Waals surface area contributed by atoms with Gasteiger partial charge in [0.15, 0.2) is 5.11 Å². The number of thiocarbonyl (C=S) groups is 1. The van der Waals surface area contributed by atoms with Crippen molar-refractivity contribution in [3.8, 4) is 0 Å². The molecular weight excluding hydrogens is 372 g/mol. The predicted molar refractivity (Wildman–Crippen MR) is 104 cm³/mol. The van der Waals surface area contributed by atoms with Gasteiger partial charge in [-0.25, -0.2) is 0 Å². The van der Waals surface area contributed by atoms with E-state index < -0.39 is 15.8 Å². The van der Waals surface area contributed by atoms with Crippen molar-refractivity contribution < 1.29 is 14.6 Å². The lowest BCUT2D eigenvalue weighted by Crippen LogP contribution is -2.32. The zero-order chi connectivity index (χ0) is 20.0. The summed E-state index contributed by atoms with van der Waals surface area (Å²) in [5.74, 6) is -0.521. The Morgan fingerprint density at radius 2 is 1.74 bits per heavy atom. The second-order valence-corrected chi connectivity index (χ2v) is 5.79. The van der Waals surface area contributed by atoms with Gasteiger partial charge in [0.05, 0.1) is 9.85 Å². The number of hydrogen-bond donors (Lipinski definition) is 2. The molecule has 0 saturated heterocycles. The van der Waals surface area contributed by atoms with Crippen molar-refractivity contribution in [2.75, 3.05) is 5.32 Å². The minimum atomic E-state index is -0.521. The quantitative estimate of drug-likeness (QED) is 0.349. The SMILES string of the molecule is Cc1ccc(NC(=S)NC(=O)/C=C/c2ccc([N+](=O)[O-])cc2)cc1[N+](=O)[O-]. The van der Waals surface area contributed by atoms with E-state index in [0.717, 1.165) is 0 Å². The molecule has 1 amide bonds. The smallest absolute Gasteiger partial charge is 0.274 e. The first-order valence-electron chi connectivity index (χ1n) is 7.56. The first-order valence-corrected chi connectivity index (χ1v) is 7.96. The number of anilines is 1. The average molecular weight is 386 g/mol. The van der Waals surface area contributed by atoms with Crippen molar-refractivity contribution in [2.45, 2.75) is 6.92 Å². The molecule has 2 aromatic carbocycles. The third kappa shape index (κ3) is 5.68. The summed E-state index contributed by atoms with van der Waals surface area (Å²) in [6, 6.07) is 10.2. The maximum Gasteiger partial charge on any atom is 0.274 e. The number of benzene rings is 2. The number of nitrogens with zero attached hydrogens (tertiary/aromatic N) is 2. The highest BCUT2D eigenvalue weighted by Crippen LogP contribution is 2.22. The summed E-state index contributed by atoms with van der Waals surface area (Å²) < 4.78 is 0. The van der Waals surface area contributed by atoms with Crippen molar-refractivity contribution in [1.29, 1.82) is 0 Å². The largest absolute Gasteiger partial charge is 0.332 e. The molecule has 0 aliphatic rings. The topological polar surface area (TPSA) is 127 Å². The predicted octanol–water partition coefficient (Wildman–Crippen LogP) is 3.34. The summed E-state index contributed by atoms with van der Waals surface area (Å²) in [5, 5.41) is 26.6. The molecule has 2 aromatic rings. The van der Waals surface area contributed by atoms with E-state index in [-0.39, 0.29) is 16.5 Å². The van der Waals surface area contributed by atoms with Gasteiger partial charge in [0, 0.05) is 35.5 Å². The number of aryl methyl sites for hydroxylation is 1. The van der Waals surface area contributed by atoms with Gasteiger partial charge in [0.2, 0.25) is 5.91 Å². The fourth-order valence-corrected chi connectivity index (χ4v) is 2.30. The van der Waals surface area contributed by atoms with E-state index in [1.54, 1.807) is 19.1 Å². The molecular formula is C17H14N4O5S. The fourth-order valence-electron chi connectivity index (χ4n) is 2.08. The summed E-state index contributed by atoms with van der Waals surface area (Å²) in [6.45, 7) is 1.62. The number of rotatable bonds is 5. The zero-order valence-electron chi connectivity index (χ0n) is 14.0. The van der Waals surface area contributed by atoms with Crippen LogP contribution >= 0.6 is 12.2 Å². The summed E-state index contributed by atoms with van der Waals surface area (Å²) in [4.78, 5) is 32.4. The van der Waals surface area contributed by atoms with Gasteiger partial charge in [-0.15, -0.1) is 0 Å². The number of carbonyl (C=O) groups excluding carboxylic acids is 1. The Labute approximate surface area is 159 Å². The van der Waals surface area contributed by atoms with Crippen LogP contribution in [0.4, 0.5) is 17.1 Å². The van der Waals surface area contributed by atoms with Crippen molar-refractivity contribution in [1.82, 2.24) is 5.32 Å². The molecule has 2 N–H and O–H groups in total. The number of nitro benzene ring substituents is 2. The number of hydrogen-bond acceptors (Lipinski definition) is 6. The van der Waals surface area contributed by atoms with E-state index in [9.17, 15) is 25.0 Å². The number of nitrogens with one attached hydrogen (secondary N) is 2. The molecule has 0 aliphatic carbocycles. The van der Waals surface area contributed by atoms with Gasteiger partial charge >= 0.3 is 0 Å². The molecule has 27 heavy (non-hydrogen) atoms. The van der Waals surface area contributed by atoms with Crippen LogP contribution in [-0.4, -0.2) is 20.9 Å². The standard InChI is InChI=1S/C17H14N4O5S/c1-11-2-6-13(10-15(11)21(25)26)18-17(27)19-16(22)9-5-12-3-7-14(8-4-12)20(23)24/h2-10H,1H3,(H2,18,19,22,27)/b9-5+. The number of carbonyl (C=O) groups is 1. The Hall–Kier alpha value is -3.66. The molecule has 0 heterocycles. The molecule has 0 fully saturated rings. The summed E-state index contributed by atoms with van der Waals surface area (Å²) in [6.07, 6.45) is 2.69. The van der Waals surface area contributed by atoms with Gasteiger partial charge in [0.1, 0.15) is 0 Å². The number of amides is 1. The van der Waals surface area contributed by atoms with Gasteiger partial charge in [0.25, 0.3) is 11.4 Å². The molecule has 0 unspecified atom stereocenters. The Kier molecular flexibility index (Phi) is 6.28. The van der Waals surface area contributed by atoms with E-state index in [1.807, 2.05) is 0 Å². The van der Waals surface area contributed by atoms with Crippen LogP contribution in [-0.2, 0) is 4.79 Å². The van der Waals surface area contributed by atoms with Crippen LogP contribution < -0.4 is 10.6 Å². The third-order valence-electron chi connectivity index (χ3n) is 3.43. The van der Waals surface area contributed by atoms with E-state index in [0.29, 0.717) is 16.8 Å². The molecule has 0 saturated carbocycles. The molecule has 0 aromatic heterocycles. The molecule has 0 aliphatic heterocycles. The monoisotopic (exact) mass is 386 g/mol. The lowest BCUT2D eigenvalue weighted by atomic mass is 10.2. The minimum absolute atomic E-state index is 0.0218. The lowest BCUT2D eigenvalue weighted by molar-refractivity contribution is -0.385. The Balaban J connectivity index is 1.95. The van der Waals surface area contributed by atoms with Crippen LogP contribution in [0.25, 0.3) is 6.08 Å². The van der Waals surface area contributed by atoms with E-state index in [2.05, 4.69) is 10.6 Å². The second-order valence-electron chi connectivity index (χ2n) is 5.38. The van der Waals surface area contributed by atoms with Crippen LogP contribution in [0.1, 0.15) is 11.1 Å². The fraction of sp³-hybridized carbons (Fsp3) is 0.0588. The van der Waals surface area contributed by atoms with Gasteiger partial charge in [-0.1, -0.05) is 6.07 Å². The van der Waals surface area contributed by atoms with Crippen molar-refractivity contribution in [3.63, 3.8) is 0 Å².